The number of carbonyl (C=O) groups is 1. The second kappa shape index (κ2) is 8.39. The molecule has 29 heavy (non-hydrogen) atoms. The average molecular weight is 491 g/mol. The maximum Gasteiger partial charge on any atom is 0.253 e. The monoisotopic (exact) mass is 490 g/mol. The van der Waals surface area contributed by atoms with Gasteiger partial charge in [0.25, 0.3) is 10.0 Å². The van der Waals surface area contributed by atoms with Crippen LogP contribution < -0.4 is 5.32 Å². The Morgan fingerprint density at radius 1 is 1.07 bits per heavy atom. The molecule has 0 fully saturated rings. The molecular weight excluding hydrogens is 472 g/mol. The molecular formula is C21H19BrN2O3S2. The number of nitrogens with zero attached hydrogens (tertiary/aromatic N) is 1. The van der Waals surface area contributed by atoms with Gasteiger partial charge in [-0.1, -0.05) is 58.4 Å². The molecule has 2 aromatic carbocycles. The maximum atomic E-state index is 13.2. The van der Waals surface area contributed by atoms with E-state index >= 15 is 0 Å². The molecule has 0 aliphatic carbocycles. The summed E-state index contributed by atoms with van der Waals surface area (Å²) in [6.07, 6.45) is 0.354. The molecule has 0 saturated heterocycles. The zero-order valence-electron chi connectivity index (χ0n) is 15.4. The standard InChI is InChI=1S/C21H19BrN2O3S2/c22-18-9-7-15(8-10-18)13-23-21(25)19-12-16-4-1-2-5-17(16)14-24(19)29(26,27)20-6-3-11-28-20/h1-11,19H,12-14H2,(H,23,25). The molecule has 5 nitrogen and oxygen atoms in total. The second-order valence-electron chi connectivity index (χ2n) is 6.82. The number of sulfonamides is 1. The molecule has 8 heteroatoms. The molecule has 1 aliphatic rings. The fourth-order valence-corrected chi connectivity index (χ4v) is 6.36. The fraction of sp³-hybridized carbons (Fsp3) is 0.190. The van der Waals surface area contributed by atoms with E-state index in [0.29, 0.717) is 13.0 Å². The van der Waals surface area contributed by atoms with Crippen LogP contribution in [0.5, 0.6) is 0 Å². The molecule has 0 spiro atoms. The van der Waals surface area contributed by atoms with Crippen molar-refractivity contribution in [3.8, 4) is 0 Å². The van der Waals surface area contributed by atoms with E-state index in [1.165, 1.54) is 4.31 Å². The van der Waals surface area contributed by atoms with Crippen molar-refractivity contribution in [2.45, 2.75) is 29.8 Å². The van der Waals surface area contributed by atoms with E-state index in [1.54, 1.807) is 17.5 Å². The molecule has 4 rings (SSSR count). The van der Waals surface area contributed by atoms with Gasteiger partial charge in [0.1, 0.15) is 10.3 Å². The van der Waals surface area contributed by atoms with Gasteiger partial charge in [-0.3, -0.25) is 4.79 Å². The average Bonchev–Trinajstić information content (AvgIpc) is 3.28. The van der Waals surface area contributed by atoms with Crippen LogP contribution in [0.2, 0.25) is 0 Å². The van der Waals surface area contributed by atoms with Gasteiger partial charge in [0.05, 0.1) is 0 Å². The molecule has 1 aromatic heterocycles. The predicted molar refractivity (Wildman–Crippen MR) is 117 cm³/mol. The first-order valence-corrected chi connectivity index (χ1v) is 12.2. The number of hydrogen-bond donors (Lipinski definition) is 1. The second-order valence-corrected chi connectivity index (χ2v) is 10.8. The van der Waals surface area contributed by atoms with Crippen LogP contribution in [0.25, 0.3) is 0 Å². The highest BCUT2D eigenvalue weighted by molar-refractivity contribution is 9.10. The number of carbonyl (C=O) groups excluding carboxylic acids is 1. The highest BCUT2D eigenvalue weighted by Crippen LogP contribution is 2.31. The Labute approximate surface area is 182 Å². The zero-order chi connectivity index (χ0) is 20.4. The first kappa shape index (κ1) is 20.3. The quantitative estimate of drug-likeness (QED) is 0.588. The van der Waals surface area contributed by atoms with Crippen molar-refractivity contribution in [3.63, 3.8) is 0 Å². The third kappa shape index (κ3) is 4.30. The normalized spacial score (nSPS) is 16.9. The number of nitrogens with one attached hydrogen (secondary N) is 1. The lowest BCUT2D eigenvalue weighted by Gasteiger charge is -2.34. The van der Waals surface area contributed by atoms with E-state index in [0.717, 1.165) is 32.5 Å². The first-order chi connectivity index (χ1) is 13.9. The van der Waals surface area contributed by atoms with Gasteiger partial charge in [-0.2, -0.15) is 4.31 Å². The van der Waals surface area contributed by atoms with Crippen LogP contribution in [0.15, 0.2) is 74.7 Å². The van der Waals surface area contributed by atoms with Crippen molar-refractivity contribution in [1.82, 2.24) is 9.62 Å². The van der Waals surface area contributed by atoms with Gasteiger partial charge in [-0.25, -0.2) is 8.42 Å². The van der Waals surface area contributed by atoms with Crippen molar-refractivity contribution in [3.05, 3.63) is 87.2 Å². The summed E-state index contributed by atoms with van der Waals surface area (Å²) in [6.45, 7) is 0.532. The minimum atomic E-state index is -3.76. The Bertz CT molecular complexity index is 1110. The third-order valence-corrected chi connectivity index (χ3v) is 8.70. The lowest BCUT2D eigenvalue weighted by Crippen LogP contribution is -2.52. The summed E-state index contributed by atoms with van der Waals surface area (Å²) in [4.78, 5) is 13.1. The van der Waals surface area contributed by atoms with Crippen molar-refractivity contribution in [2.24, 2.45) is 0 Å². The van der Waals surface area contributed by atoms with Crippen molar-refractivity contribution in [1.29, 1.82) is 0 Å². The number of fused-ring (bicyclic) bond motifs is 1. The molecule has 150 valence electrons. The van der Waals surface area contributed by atoms with Gasteiger partial charge in [0.2, 0.25) is 5.91 Å². The van der Waals surface area contributed by atoms with Gasteiger partial charge < -0.3 is 5.32 Å². The highest BCUT2D eigenvalue weighted by atomic mass is 79.9. The van der Waals surface area contributed by atoms with Crippen molar-refractivity contribution >= 4 is 43.2 Å². The van der Waals surface area contributed by atoms with Gasteiger partial charge in [0.15, 0.2) is 0 Å². The van der Waals surface area contributed by atoms with Crippen molar-refractivity contribution < 1.29 is 13.2 Å². The van der Waals surface area contributed by atoms with Gasteiger partial charge in [-0.15, -0.1) is 11.3 Å². The summed E-state index contributed by atoms with van der Waals surface area (Å²) in [5.74, 6) is -0.289. The number of hydrogen-bond acceptors (Lipinski definition) is 4. The summed E-state index contributed by atoms with van der Waals surface area (Å²) >= 11 is 4.56. The lowest BCUT2D eigenvalue weighted by atomic mass is 9.95. The van der Waals surface area contributed by atoms with Gasteiger partial charge >= 0.3 is 0 Å². The Morgan fingerprint density at radius 2 is 1.79 bits per heavy atom. The van der Waals surface area contributed by atoms with E-state index < -0.39 is 16.1 Å². The van der Waals surface area contributed by atoms with Gasteiger partial charge in [-0.05, 0) is 46.7 Å². The first-order valence-electron chi connectivity index (χ1n) is 9.09. The van der Waals surface area contributed by atoms with Crippen LogP contribution in [0.3, 0.4) is 0 Å². The van der Waals surface area contributed by atoms with E-state index in [9.17, 15) is 13.2 Å². The molecule has 1 N–H and O–H groups in total. The minimum absolute atomic E-state index is 0.187. The Kier molecular flexibility index (Phi) is 5.87. The largest absolute Gasteiger partial charge is 0.351 e. The molecule has 0 bridgehead atoms. The predicted octanol–water partition coefficient (Wildman–Crippen LogP) is 3.94. The smallest absolute Gasteiger partial charge is 0.253 e. The Hall–Kier alpha value is -2.00. The van der Waals surface area contributed by atoms with Crippen molar-refractivity contribution in [2.75, 3.05) is 0 Å². The Morgan fingerprint density at radius 3 is 2.48 bits per heavy atom. The number of rotatable bonds is 5. The van der Waals surface area contributed by atoms with Crippen LogP contribution in [0, 0.1) is 0 Å². The molecule has 1 amide bonds. The van der Waals surface area contributed by atoms with E-state index in [4.69, 9.17) is 0 Å². The maximum absolute atomic E-state index is 13.2. The van der Waals surface area contributed by atoms with Gasteiger partial charge in [0, 0.05) is 17.6 Å². The molecule has 0 radical (unpaired) electrons. The summed E-state index contributed by atoms with van der Waals surface area (Å²) in [5, 5.41) is 4.64. The zero-order valence-corrected chi connectivity index (χ0v) is 18.6. The summed E-state index contributed by atoms with van der Waals surface area (Å²) in [5.41, 5.74) is 2.89. The minimum Gasteiger partial charge on any atom is -0.351 e. The SMILES string of the molecule is O=C(NCc1ccc(Br)cc1)C1Cc2ccccc2CN1S(=O)(=O)c1cccs1. The van der Waals surface area contributed by atoms with Crippen LogP contribution in [-0.4, -0.2) is 24.7 Å². The van der Waals surface area contributed by atoms with Crippen LogP contribution in [0.1, 0.15) is 16.7 Å². The topological polar surface area (TPSA) is 66.5 Å². The van der Waals surface area contributed by atoms with E-state index in [2.05, 4.69) is 21.2 Å². The highest BCUT2D eigenvalue weighted by Gasteiger charge is 2.39. The molecule has 1 atom stereocenters. The molecule has 2 heterocycles. The number of halogens is 1. The Balaban J connectivity index is 1.61. The molecule has 0 saturated carbocycles. The lowest BCUT2D eigenvalue weighted by molar-refractivity contribution is -0.125. The number of thiophene rings is 1. The van der Waals surface area contributed by atoms with Crippen LogP contribution in [-0.2, 0) is 34.3 Å². The summed E-state index contributed by atoms with van der Waals surface area (Å²) < 4.78 is 29.0. The van der Waals surface area contributed by atoms with E-state index in [-0.39, 0.29) is 16.7 Å². The molecule has 1 unspecified atom stereocenters. The van der Waals surface area contributed by atoms with E-state index in [1.807, 2.05) is 48.5 Å². The molecule has 1 aliphatic heterocycles. The summed E-state index contributed by atoms with van der Waals surface area (Å²) in [7, 11) is -3.76. The fourth-order valence-electron chi connectivity index (χ4n) is 3.41. The molecule has 3 aromatic rings. The van der Waals surface area contributed by atoms with Crippen LogP contribution >= 0.6 is 27.3 Å². The third-order valence-electron chi connectivity index (χ3n) is 4.95. The summed E-state index contributed by atoms with van der Waals surface area (Å²) in [6, 6.07) is 17.8. The number of benzene rings is 2. The number of amides is 1. The van der Waals surface area contributed by atoms with Crippen LogP contribution in [0.4, 0.5) is 0 Å².